The van der Waals surface area contributed by atoms with Gasteiger partial charge in [0.15, 0.2) is 0 Å². The summed E-state index contributed by atoms with van der Waals surface area (Å²) in [7, 11) is 0. The van der Waals surface area contributed by atoms with Crippen LogP contribution < -0.4 is 5.32 Å². The summed E-state index contributed by atoms with van der Waals surface area (Å²) in [6.07, 6.45) is -4.33. The van der Waals surface area contributed by atoms with Crippen molar-refractivity contribution < 1.29 is 13.2 Å². The lowest BCUT2D eigenvalue weighted by molar-refractivity contribution is -0.137. The first-order valence-corrected chi connectivity index (χ1v) is 7.74. The summed E-state index contributed by atoms with van der Waals surface area (Å²) in [6, 6.07) is 7.33. The predicted molar refractivity (Wildman–Crippen MR) is 79.0 cm³/mol. The Labute approximate surface area is 128 Å². The van der Waals surface area contributed by atoms with Crippen molar-refractivity contribution in [3.8, 4) is 0 Å². The van der Waals surface area contributed by atoms with Gasteiger partial charge < -0.3 is 5.32 Å². The van der Waals surface area contributed by atoms with Crippen molar-refractivity contribution in [2.75, 3.05) is 6.54 Å². The third kappa shape index (κ3) is 3.42. The second-order valence-electron chi connectivity index (χ2n) is 4.24. The highest BCUT2D eigenvalue weighted by Gasteiger charge is 2.32. The van der Waals surface area contributed by atoms with Gasteiger partial charge in [-0.2, -0.15) is 13.2 Å². The molecule has 2 rings (SSSR count). The van der Waals surface area contributed by atoms with Crippen LogP contribution in [0.2, 0.25) is 0 Å². The highest BCUT2D eigenvalue weighted by molar-refractivity contribution is 9.10. The first kappa shape index (κ1) is 15.5. The summed E-state index contributed by atoms with van der Waals surface area (Å²) in [5.74, 6) is 0. The van der Waals surface area contributed by atoms with Crippen molar-refractivity contribution in [2.24, 2.45) is 0 Å². The summed E-state index contributed by atoms with van der Waals surface area (Å²) >= 11 is 4.87. The summed E-state index contributed by atoms with van der Waals surface area (Å²) in [5.41, 5.74) is -0.0284. The molecule has 0 aliphatic heterocycles. The van der Waals surface area contributed by atoms with Crippen LogP contribution in [-0.2, 0) is 6.18 Å². The number of hydrogen-bond acceptors (Lipinski definition) is 2. The number of alkyl halides is 3. The number of rotatable bonds is 4. The number of nitrogens with one attached hydrogen (secondary N) is 1. The zero-order chi connectivity index (χ0) is 14.8. The summed E-state index contributed by atoms with van der Waals surface area (Å²) < 4.78 is 39.2. The molecule has 0 saturated heterocycles. The maximum Gasteiger partial charge on any atom is 0.416 e. The van der Waals surface area contributed by atoms with E-state index in [0.29, 0.717) is 16.6 Å². The second-order valence-corrected chi connectivity index (χ2v) is 6.07. The smallest absolute Gasteiger partial charge is 0.306 e. The van der Waals surface area contributed by atoms with Gasteiger partial charge in [0.05, 0.1) is 11.6 Å². The van der Waals surface area contributed by atoms with Crippen molar-refractivity contribution in [3.05, 3.63) is 56.2 Å². The third-order valence-corrected chi connectivity index (χ3v) is 4.53. The fourth-order valence-electron chi connectivity index (χ4n) is 1.96. The summed E-state index contributed by atoms with van der Waals surface area (Å²) in [6.45, 7) is 2.60. The Morgan fingerprint density at radius 2 is 2.05 bits per heavy atom. The highest BCUT2D eigenvalue weighted by Crippen LogP contribution is 2.36. The minimum absolute atomic E-state index is 0.239. The van der Waals surface area contributed by atoms with E-state index in [1.165, 1.54) is 23.5 Å². The quantitative estimate of drug-likeness (QED) is 0.784. The lowest BCUT2D eigenvalue weighted by Crippen LogP contribution is -2.22. The molecule has 1 atom stereocenters. The number of halogens is 4. The third-order valence-electron chi connectivity index (χ3n) is 2.87. The zero-order valence-corrected chi connectivity index (χ0v) is 13.1. The van der Waals surface area contributed by atoms with Gasteiger partial charge >= 0.3 is 6.18 Å². The van der Waals surface area contributed by atoms with E-state index >= 15 is 0 Å². The molecule has 0 aliphatic carbocycles. The van der Waals surface area contributed by atoms with Crippen LogP contribution in [0.25, 0.3) is 0 Å². The molecule has 0 fully saturated rings. The molecular formula is C14H13BrF3NS. The van der Waals surface area contributed by atoms with E-state index in [9.17, 15) is 13.2 Å². The van der Waals surface area contributed by atoms with Crippen molar-refractivity contribution in [1.29, 1.82) is 0 Å². The van der Waals surface area contributed by atoms with E-state index in [-0.39, 0.29) is 6.04 Å². The molecule has 0 saturated carbocycles. The summed E-state index contributed by atoms with van der Waals surface area (Å²) in [4.78, 5) is 0.992. The Morgan fingerprint density at radius 3 is 2.60 bits per heavy atom. The molecular weight excluding hydrogens is 351 g/mol. The van der Waals surface area contributed by atoms with Gasteiger partial charge in [0, 0.05) is 9.35 Å². The van der Waals surface area contributed by atoms with Crippen LogP contribution in [0.4, 0.5) is 13.2 Å². The summed E-state index contributed by atoms with van der Waals surface area (Å²) in [5, 5.41) is 5.15. The van der Waals surface area contributed by atoms with E-state index < -0.39 is 11.7 Å². The standard InChI is InChI=1S/C14H13BrF3NS/c1-2-19-13(12-4-3-7-20-12)10-8-9(14(16,17)18)5-6-11(10)15/h3-8,13,19H,2H2,1H3. The monoisotopic (exact) mass is 363 g/mol. The van der Waals surface area contributed by atoms with Gasteiger partial charge in [-0.15, -0.1) is 11.3 Å². The minimum Gasteiger partial charge on any atom is -0.306 e. The van der Waals surface area contributed by atoms with E-state index in [0.717, 1.165) is 10.9 Å². The van der Waals surface area contributed by atoms with Crippen molar-refractivity contribution >= 4 is 27.3 Å². The molecule has 0 spiro atoms. The second kappa shape index (κ2) is 6.28. The molecule has 1 aromatic carbocycles. The van der Waals surface area contributed by atoms with E-state index in [1.807, 2.05) is 24.4 Å². The van der Waals surface area contributed by atoms with Gasteiger partial charge in [0.25, 0.3) is 0 Å². The number of hydrogen-bond donors (Lipinski definition) is 1. The van der Waals surface area contributed by atoms with Crippen LogP contribution in [0.15, 0.2) is 40.2 Å². The van der Waals surface area contributed by atoms with E-state index in [4.69, 9.17) is 0 Å². The van der Waals surface area contributed by atoms with Crippen LogP contribution in [-0.4, -0.2) is 6.54 Å². The van der Waals surface area contributed by atoms with Gasteiger partial charge in [-0.3, -0.25) is 0 Å². The van der Waals surface area contributed by atoms with E-state index in [1.54, 1.807) is 0 Å². The molecule has 0 bridgehead atoms. The Hall–Kier alpha value is -0.850. The van der Waals surface area contributed by atoms with Gasteiger partial charge in [0.2, 0.25) is 0 Å². The average molecular weight is 364 g/mol. The molecule has 6 heteroatoms. The normalized spacial score (nSPS) is 13.4. The van der Waals surface area contributed by atoms with Gasteiger partial charge in [0.1, 0.15) is 0 Å². The lowest BCUT2D eigenvalue weighted by Gasteiger charge is -2.20. The SMILES string of the molecule is CCNC(c1cccs1)c1cc(C(F)(F)F)ccc1Br. The van der Waals surface area contributed by atoms with Gasteiger partial charge in [-0.1, -0.05) is 28.9 Å². The van der Waals surface area contributed by atoms with Gasteiger partial charge in [-0.25, -0.2) is 0 Å². The maximum atomic E-state index is 12.9. The Morgan fingerprint density at radius 1 is 1.30 bits per heavy atom. The molecule has 1 N–H and O–H groups in total. The maximum absolute atomic E-state index is 12.9. The molecule has 1 heterocycles. The van der Waals surface area contributed by atoms with Crippen LogP contribution in [0.1, 0.15) is 29.0 Å². The number of benzene rings is 1. The largest absolute Gasteiger partial charge is 0.416 e. The first-order chi connectivity index (χ1) is 9.43. The Bertz CT molecular complexity index is 566. The lowest BCUT2D eigenvalue weighted by atomic mass is 10.0. The molecule has 108 valence electrons. The highest BCUT2D eigenvalue weighted by atomic mass is 79.9. The van der Waals surface area contributed by atoms with Crippen LogP contribution >= 0.6 is 27.3 Å². The average Bonchev–Trinajstić information content (AvgIpc) is 2.89. The topological polar surface area (TPSA) is 12.0 Å². The van der Waals surface area contributed by atoms with Crippen LogP contribution in [0.5, 0.6) is 0 Å². The fourth-order valence-corrected chi connectivity index (χ4v) is 3.26. The molecule has 0 aliphatic rings. The molecule has 20 heavy (non-hydrogen) atoms. The molecule has 2 aromatic rings. The Balaban J connectivity index is 2.48. The number of thiophene rings is 1. The predicted octanol–water partition coefficient (Wildman–Crippen LogP) is 5.23. The van der Waals surface area contributed by atoms with Crippen LogP contribution in [0, 0.1) is 0 Å². The molecule has 0 radical (unpaired) electrons. The minimum atomic E-state index is -4.33. The first-order valence-electron chi connectivity index (χ1n) is 6.07. The fraction of sp³-hybridized carbons (Fsp3) is 0.286. The van der Waals surface area contributed by atoms with Crippen LogP contribution in [0.3, 0.4) is 0 Å². The van der Waals surface area contributed by atoms with Crippen molar-refractivity contribution in [2.45, 2.75) is 19.1 Å². The zero-order valence-electron chi connectivity index (χ0n) is 10.7. The molecule has 1 unspecified atom stereocenters. The van der Waals surface area contributed by atoms with E-state index in [2.05, 4.69) is 21.2 Å². The molecule has 1 nitrogen and oxygen atoms in total. The Kier molecular flexibility index (Phi) is 4.88. The molecule has 0 amide bonds. The van der Waals surface area contributed by atoms with Crippen molar-refractivity contribution in [3.63, 3.8) is 0 Å². The molecule has 1 aromatic heterocycles. The van der Waals surface area contributed by atoms with Crippen molar-refractivity contribution in [1.82, 2.24) is 5.32 Å². The van der Waals surface area contributed by atoms with Gasteiger partial charge in [-0.05, 0) is 41.8 Å².